The zero-order valence-electron chi connectivity index (χ0n) is 11.2. The number of aryl methyl sites for hydroxylation is 3. The van der Waals surface area contributed by atoms with Crippen LogP contribution in [-0.4, -0.2) is 15.0 Å². The van der Waals surface area contributed by atoms with Crippen LogP contribution in [-0.2, 0) is 7.05 Å². The van der Waals surface area contributed by atoms with Gasteiger partial charge in [0, 0.05) is 12.6 Å². The van der Waals surface area contributed by atoms with Gasteiger partial charge in [0.15, 0.2) is 0 Å². The molecule has 90 valence electrons. The molecule has 17 heavy (non-hydrogen) atoms. The molecule has 1 heterocycles. The molecule has 0 aliphatic heterocycles. The van der Waals surface area contributed by atoms with E-state index in [9.17, 15) is 0 Å². The summed E-state index contributed by atoms with van der Waals surface area (Å²) < 4.78 is 1.84. The lowest BCUT2D eigenvalue weighted by molar-refractivity contribution is 0.719. The summed E-state index contributed by atoms with van der Waals surface area (Å²) in [7, 11) is 1.93. The van der Waals surface area contributed by atoms with Gasteiger partial charge in [-0.25, -0.2) is 4.68 Å². The summed E-state index contributed by atoms with van der Waals surface area (Å²) >= 11 is 0. The van der Waals surface area contributed by atoms with E-state index in [0.29, 0.717) is 5.92 Å². The molecular formula is C14H19N3. The molecule has 0 aliphatic rings. The molecule has 3 heteroatoms. The second-order valence-corrected chi connectivity index (χ2v) is 4.87. The molecule has 0 saturated carbocycles. The second kappa shape index (κ2) is 4.32. The summed E-state index contributed by atoms with van der Waals surface area (Å²) in [6.45, 7) is 8.60. The van der Waals surface area contributed by atoms with Gasteiger partial charge in [-0.15, -0.1) is 5.10 Å². The highest BCUT2D eigenvalue weighted by Gasteiger charge is 2.11. The van der Waals surface area contributed by atoms with Crippen LogP contribution in [0.4, 0.5) is 0 Å². The van der Waals surface area contributed by atoms with Crippen molar-refractivity contribution in [3.05, 3.63) is 35.0 Å². The van der Waals surface area contributed by atoms with Crippen LogP contribution in [0.3, 0.4) is 0 Å². The SMILES string of the molecule is Cc1ccc(-c2c(C)nnn2C)cc1C(C)C. The van der Waals surface area contributed by atoms with E-state index in [-0.39, 0.29) is 0 Å². The predicted octanol–water partition coefficient (Wildman–Crippen LogP) is 3.22. The molecule has 0 spiro atoms. The average molecular weight is 229 g/mol. The van der Waals surface area contributed by atoms with Crippen LogP contribution in [0.2, 0.25) is 0 Å². The highest BCUT2D eigenvalue weighted by molar-refractivity contribution is 5.63. The largest absolute Gasteiger partial charge is 0.247 e. The highest BCUT2D eigenvalue weighted by Crippen LogP contribution is 2.27. The molecule has 0 atom stereocenters. The molecule has 3 nitrogen and oxygen atoms in total. The van der Waals surface area contributed by atoms with Crippen molar-refractivity contribution in [2.75, 3.05) is 0 Å². The Morgan fingerprint density at radius 2 is 1.88 bits per heavy atom. The Hall–Kier alpha value is -1.64. The molecular weight excluding hydrogens is 210 g/mol. The Labute approximate surface area is 102 Å². The number of benzene rings is 1. The van der Waals surface area contributed by atoms with E-state index in [4.69, 9.17) is 0 Å². The Bertz CT molecular complexity index is 519. The van der Waals surface area contributed by atoms with E-state index in [1.165, 1.54) is 16.7 Å². The monoisotopic (exact) mass is 229 g/mol. The molecule has 0 amide bonds. The fourth-order valence-corrected chi connectivity index (χ4v) is 2.27. The summed E-state index contributed by atoms with van der Waals surface area (Å²) in [6.07, 6.45) is 0. The van der Waals surface area contributed by atoms with Crippen molar-refractivity contribution < 1.29 is 0 Å². The van der Waals surface area contributed by atoms with Crippen molar-refractivity contribution in [2.24, 2.45) is 7.05 Å². The zero-order valence-corrected chi connectivity index (χ0v) is 11.2. The van der Waals surface area contributed by atoms with Crippen LogP contribution in [0.1, 0.15) is 36.6 Å². The maximum atomic E-state index is 4.10. The second-order valence-electron chi connectivity index (χ2n) is 4.87. The van der Waals surface area contributed by atoms with Gasteiger partial charge in [0.1, 0.15) is 0 Å². The Balaban J connectivity index is 2.58. The highest BCUT2D eigenvalue weighted by atomic mass is 15.4. The van der Waals surface area contributed by atoms with E-state index in [1.54, 1.807) is 0 Å². The van der Waals surface area contributed by atoms with Gasteiger partial charge >= 0.3 is 0 Å². The van der Waals surface area contributed by atoms with Crippen LogP contribution in [0.5, 0.6) is 0 Å². The molecule has 0 fully saturated rings. The lowest BCUT2D eigenvalue weighted by atomic mass is 9.94. The molecule has 0 unspecified atom stereocenters. The van der Waals surface area contributed by atoms with Crippen molar-refractivity contribution in [3.63, 3.8) is 0 Å². The molecule has 0 N–H and O–H groups in total. The molecule has 0 bridgehead atoms. The predicted molar refractivity (Wildman–Crippen MR) is 70.0 cm³/mol. The van der Waals surface area contributed by atoms with Crippen LogP contribution in [0.25, 0.3) is 11.3 Å². The van der Waals surface area contributed by atoms with Crippen LogP contribution in [0, 0.1) is 13.8 Å². The number of nitrogens with zero attached hydrogens (tertiary/aromatic N) is 3. The van der Waals surface area contributed by atoms with Crippen molar-refractivity contribution in [1.82, 2.24) is 15.0 Å². The van der Waals surface area contributed by atoms with E-state index in [0.717, 1.165) is 11.4 Å². The van der Waals surface area contributed by atoms with E-state index in [2.05, 4.69) is 49.3 Å². The molecule has 0 aliphatic carbocycles. The third-order valence-corrected chi connectivity index (χ3v) is 3.17. The van der Waals surface area contributed by atoms with Crippen LogP contribution >= 0.6 is 0 Å². The third kappa shape index (κ3) is 2.09. The lowest BCUT2D eigenvalue weighted by Crippen LogP contribution is -1.97. The van der Waals surface area contributed by atoms with Gasteiger partial charge in [0.25, 0.3) is 0 Å². The zero-order chi connectivity index (χ0) is 12.6. The van der Waals surface area contributed by atoms with Crippen LogP contribution in [0.15, 0.2) is 18.2 Å². The van der Waals surface area contributed by atoms with E-state index < -0.39 is 0 Å². The molecule has 1 aromatic heterocycles. The molecule has 0 radical (unpaired) electrons. The van der Waals surface area contributed by atoms with Crippen molar-refractivity contribution in [2.45, 2.75) is 33.6 Å². The fourth-order valence-electron chi connectivity index (χ4n) is 2.27. The molecule has 0 saturated heterocycles. The number of aromatic nitrogens is 3. The van der Waals surface area contributed by atoms with E-state index >= 15 is 0 Å². The van der Waals surface area contributed by atoms with E-state index in [1.807, 2.05) is 18.7 Å². The summed E-state index contributed by atoms with van der Waals surface area (Å²) in [4.78, 5) is 0. The Morgan fingerprint density at radius 3 is 2.41 bits per heavy atom. The number of rotatable bonds is 2. The minimum atomic E-state index is 0.538. The summed E-state index contributed by atoms with van der Waals surface area (Å²) in [5.41, 5.74) is 6.02. The average Bonchev–Trinajstić information content (AvgIpc) is 2.59. The summed E-state index contributed by atoms with van der Waals surface area (Å²) in [5.74, 6) is 0.538. The van der Waals surface area contributed by atoms with Gasteiger partial charge in [-0.05, 0) is 37.0 Å². The van der Waals surface area contributed by atoms with Gasteiger partial charge in [-0.2, -0.15) is 0 Å². The Kier molecular flexibility index (Phi) is 3.01. The first kappa shape index (κ1) is 11.8. The first-order valence-electron chi connectivity index (χ1n) is 5.98. The first-order chi connectivity index (χ1) is 8.00. The van der Waals surface area contributed by atoms with Gasteiger partial charge in [-0.3, -0.25) is 0 Å². The maximum absolute atomic E-state index is 4.10. The third-order valence-electron chi connectivity index (χ3n) is 3.17. The number of hydrogen-bond donors (Lipinski definition) is 0. The lowest BCUT2D eigenvalue weighted by Gasteiger charge is -2.12. The topological polar surface area (TPSA) is 30.7 Å². The van der Waals surface area contributed by atoms with Crippen molar-refractivity contribution >= 4 is 0 Å². The minimum Gasteiger partial charge on any atom is -0.247 e. The summed E-state index contributed by atoms with van der Waals surface area (Å²) in [5, 5.41) is 8.16. The first-order valence-corrected chi connectivity index (χ1v) is 5.98. The summed E-state index contributed by atoms with van der Waals surface area (Å²) in [6, 6.07) is 6.58. The smallest absolute Gasteiger partial charge is 0.0911 e. The maximum Gasteiger partial charge on any atom is 0.0911 e. The fraction of sp³-hybridized carbons (Fsp3) is 0.429. The minimum absolute atomic E-state index is 0.538. The van der Waals surface area contributed by atoms with Crippen molar-refractivity contribution in [1.29, 1.82) is 0 Å². The number of hydrogen-bond acceptors (Lipinski definition) is 2. The van der Waals surface area contributed by atoms with Gasteiger partial charge < -0.3 is 0 Å². The van der Waals surface area contributed by atoms with Crippen molar-refractivity contribution in [3.8, 4) is 11.3 Å². The van der Waals surface area contributed by atoms with Gasteiger partial charge in [0.2, 0.25) is 0 Å². The quantitative estimate of drug-likeness (QED) is 0.791. The molecule has 2 aromatic rings. The molecule has 1 aromatic carbocycles. The standard InChI is InChI=1S/C14H19N3/c1-9(2)13-8-12(7-6-10(13)3)14-11(4)15-16-17(14)5/h6-9H,1-5H3. The molecule has 2 rings (SSSR count). The Morgan fingerprint density at radius 1 is 1.18 bits per heavy atom. The normalized spacial score (nSPS) is 11.2. The van der Waals surface area contributed by atoms with Gasteiger partial charge in [-0.1, -0.05) is 31.2 Å². The van der Waals surface area contributed by atoms with Gasteiger partial charge in [0.05, 0.1) is 11.4 Å². The van der Waals surface area contributed by atoms with Crippen LogP contribution < -0.4 is 0 Å².